The van der Waals surface area contributed by atoms with Crippen molar-refractivity contribution in [3.05, 3.63) is 59.4 Å². The number of esters is 3. The first-order valence-electron chi connectivity index (χ1n) is 11.5. The van der Waals surface area contributed by atoms with Crippen molar-refractivity contribution < 1.29 is 33.3 Å². The fourth-order valence-electron chi connectivity index (χ4n) is 4.68. The lowest BCUT2D eigenvalue weighted by Crippen LogP contribution is -2.43. The van der Waals surface area contributed by atoms with Crippen LogP contribution in [0, 0.1) is 11.8 Å². The summed E-state index contributed by atoms with van der Waals surface area (Å²) >= 11 is 0. The lowest BCUT2D eigenvalue weighted by Gasteiger charge is -2.34. The molecule has 2 unspecified atom stereocenters. The summed E-state index contributed by atoms with van der Waals surface area (Å²) in [5, 5.41) is 3.11. The summed E-state index contributed by atoms with van der Waals surface area (Å²) in [6, 6.07) is 8.22. The molecule has 3 N–H and O–H groups in total. The van der Waals surface area contributed by atoms with Crippen molar-refractivity contribution in [1.29, 1.82) is 0 Å². The summed E-state index contributed by atoms with van der Waals surface area (Å²) in [5.41, 5.74) is 8.09. The molecule has 1 saturated heterocycles. The van der Waals surface area contributed by atoms with Gasteiger partial charge in [0, 0.05) is 5.92 Å². The van der Waals surface area contributed by atoms with Gasteiger partial charge in [-0.25, -0.2) is 4.79 Å². The van der Waals surface area contributed by atoms with Crippen LogP contribution >= 0.6 is 0 Å². The minimum Gasteiger partial charge on any atom is -0.466 e. The van der Waals surface area contributed by atoms with E-state index >= 15 is 0 Å². The molecule has 0 bridgehead atoms. The Morgan fingerprint density at radius 2 is 2.03 bits per heavy atom. The number of ether oxygens (including phenoxy) is 4. The maximum absolute atomic E-state index is 12.8. The Morgan fingerprint density at radius 3 is 2.74 bits per heavy atom. The third-order valence-corrected chi connectivity index (χ3v) is 6.50. The van der Waals surface area contributed by atoms with Crippen molar-refractivity contribution in [3.8, 4) is 0 Å². The molecule has 182 valence electrons. The van der Waals surface area contributed by atoms with Gasteiger partial charge in [0.25, 0.3) is 6.29 Å². The Morgan fingerprint density at radius 1 is 1.24 bits per heavy atom. The van der Waals surface area contributed by atoms with Crippen molar-refractivity contribution in [1.82, 2.24) is 5.32 Å². The molecule has 34 heavy (non-hydrogen) atoms. The molecule has 1 aromatic rings. The highest BCUT2D eigenvalue weighted by atomic mass is 16.7. The van der Waals surface area contributed by atoms with Crippen molar-refractivity contribution in [2.45, 2.75) is 44.1 Å². The first-order chi connectivity index (χ1) is 16.5. The standard InChI is InChI=1S/C25H30N2O7/c1-31-22(28)18-14-33-25(34-23(29)19(26)12-15-6-3-2-4-7-15)21-16(9-10-17(18)21)13-32-24(30)20-8-5-11-27-20/h2-4,6-7,9,14,17,19-21,25,27H,5,8,10-13,26H2,1H3/t17?,19-,20?,21+,25-/m0/s1. The zero-order valence-electron chi connectivity index (χ0n) is 19.1. The molecule has 2 aliphatic heterocycles. The molecule has 0 amide bonds. The van der Waals surface area contributed by atoms with E-state index in [0.717, 1.165) is 30.5 Å². The van der Waals surface area contributed by atoms with Gasteiger partial charge in [0.15, 0.2) is 0 Å². The molecule has 2 heterocycles. The summed E-state index contributed by atoms with van der Waals surface area (Å²) in [7, 11) is 1.30. The maximum Gasteiger partial charge on any atom is 0.337 e. The number of carbonyl (C=O) groups is 3. The van der Waals surface area contributed by atoms with E-state index in [1.807, 2.05) is 36.4 Å². The predicted octanol–water partition coefficient (Wildman–Crippen LogP) is 1.37. The van der Waals surface area contributed by atoms with E-state index in [-0.39, 0.29) is 24.5 Å². The second-order valence-corrected chi connectivity index (χ2v) is 8.71. The molecule has 0 aromatic heterocycles. The average Bonchev–Trinajstić information content (AvgIpc) is 3.54. The molecule has 1 aromatic carbocycles. The third kappa shape index (κ3) is 5.31. The van der Waals surface area contributed by atoms with Gasteiger partial charge < -0.3 is 30.0 Å². The molecule has 0 radical (unpaired) electrons. The number of carbonyl (C=O) groups excluding carboxylic acids is 3. The summed E-state index contributed by atoms with van der Waals surface area (Å²) in [6.45, 7) is 0.815. The molecule has 9 heteroatoms. The molecular formula is C25H30N2O7. The van der Waals surface area contributed by atoms with E-state index < -0.39 is 30.2 Å². The molecule has 1 aliphatic carbocycles. The van der Waals surface area contributed by atoms with Crippen molar-refractivity contribution in [2.75, 3.05) is 20.3 Å². The molecule has 4 rings (SSSR count). The highest BCUT2D eigenvalue weighted by molar-refractivity contribution is 5.89. The number of nitrogens with one attached hydrogen (secondary N) is 1. The lowest BCUT2D eigenvalue weighted by molar-refractivity contribution is -0.184. The second-order valence-electron chi connectivity index (χ2n) is 8.71. The summed E-state index contributed by atoms with van der Waals surface area (Å²) < 4.78 is 21.8. The quantitative estimate of drug-likeness (QED) is 0.329. The summed E-state index contributed by atoms with van der Waals surface area (Å²) in [4.78, 5) is 37.4. The van der Waals surface area contributed by atoms with Crippen LogP contribution < -0.4 is 11.1 Å². The van der Waals surface area contributed by atoms with Gasteiger partial charge in [0.1, 0.15) is 18.7 Å². The van der Waals surface area contributed by atoms with Crippen LogP contribution in [0.5, 0.6) is 0 Å². The van der Waals surface area contributed by atoms with E-state index in [2.05, 4.69) is 5.32 Å². The first kappa shape index (κ1) is 24.0. The Balaban J connectivity index is 1.45. The SMILES string of the molecule is COC(=O)C1=CO[C@@H](OC(=O)[C@@H](N)Cc2ccccc2)[C@@H]2C(COC(=O)C3CCCN3)=CCC12. The molecular weight excluding hydrogens is 440 g/mol. The predicted molar refractivity (Wildman–Crippen MR) is 121 cm³/mol. The normalized spacial score (nSPS) is 26.4. The van der Waals surface area contributed by atoms with E-state index in [0.29, 0.717) is 18.4 Å². The van der Waals surface area contributed by atoms with Crippen molar-refractivity contribution in [3.63, 3.8) is 0 Å². The molecule has 9 nitrogen and oxygen atoms in total. The molecule has 0 saturated carbocycles. The number of nitrogens with two attached hydrogens (primary N) is 1. The zero-order chi connectivity index (χ0) is 24.1. The van der Waals surface area contributed by atoms with Crippen molar-refractivity contribution >= 4 is 17.9 Å². The number of hydrogen-bond donors (Lipinski definition) is 2. The molecule has 3 aliphatic rings. The monoisotopic (exact) mass is 470 g/mol. The van der Waals surface area contributed by atoms with E-state index in [1.54, 1.807) is 0 Å². The number of fused-ring (bicyclic) bond motifs is 1. The minimum atomic E-state index is -0.996. The average molecular weight is 471 g/mol. The zero-order valence-corrected chi connectivity index (χ0v) is 19.1. The number of hydrogen-bond acceptors (Lipinski definition) is 9. The van der Waals surface area contributed by atoms with Crippen molar-refractivity contribution in [2.24, 2.45) is 17.6 Å². The van der Waals surface area contributed by atoms with Gasteiger partial charge >= 0.3 is 17.9 Å². The molecule has 1 fully saturated rings. The van der Waals surface area contributed by atoms with Crippen LogP contribution in [0.3, 0.4) is 0 Å². The van der Waals surface area contributed by atoms with E-state index in [1.165, 1.54) is 13.4 Å². The fraction of sp³-hybridized carbons (Fsp3) is 0.480. The van der Waals surface area contributed by atoms with Gasteiger partial charge in [-0.05, 0) is 43.4 Å². The fourth-order valence-corrected chi connectivity index (χ4v) is 4.68. The number of allylic oxidation sites excluding steroid dienone is 1. The first-order valence-corrected chi connectivity index (χ1v) is 11.5. The van der Waals surface area contributed by atoms with Crippen LogP contribution in [-0.4, -0.2) is 56.5 Å². The lowest BCUT2D eigenvalue weighted by atomic mass is 9.83. The van der Waals surface area contributed by atoms with Crippen LogP contribution in [0.25, 0.3) is 0 Å². The Hall–Kier alpha value is -3.17. The molecule has 5 atom stereocenters. The minimum absolute atomic E-state index is 0.0279. The van der Waals surface area contributed by atoms with Crippen LogP contribution in [0.1, 0.15) is 24.8 Å². The van der Waals surface area contributed by atoms with Crippen LogP contribution in [0.15, 0.2) is 53.8 Å². The number of benzene rings is 1. The van der Waals surface area contributed by atoms with Gasteiger partial charge in [0.05, 0.1) is 24.9 Å². The molecule has 0 spiro atoms. The van der Waals surface area contributed by atoms with Gasteiger partial charge in [-0.2, -0.15) is 0 Å². The van der Waals surface area contributed by atoms with Gasteiger partial charge in [0.2, 0.25) is 0 Å². The third-order valence-electron chi connectivity index (χ3n) is 6.50. The van der Waals surface area contributed by atoms with Crippen LogP contribution in [0.2, 0.25) is 0 Å². The highest BCUT2D eigenvalue weighted by Crippen LogP contribution is 2.44. The van der Waals surface area contributed by atoms with Gasteiger partial charge in [-0.1, -0.05) is 36.4 Å². The second kappa shape index (κ2) is 10.8. The Bertz CT molecular complexity index is 969. The Labute approximate surface area is 198 Å². The van der Waals surface area contributed by atoms with Crippen LogP contribution in [-0.2, 0) is 39.8 Å². The van der Waals surface area contributed by atoms with Crippen LogP contribution in [0.4, 0.5) is 0 Å². The van der Waals surface area contributed by atoms with E-state index in [4.69, 9.17) is 24.7 Å². The maximum atomic E-state index is 12.8. The highest BCUT2D eigenvalue weighted by Gasteiger charge is 2.46. The summed E-state index contributed by atoms with van der Waals surface area (Å²) in [5.74, 6) is -2.25. The largest absolute Gasteiger partial charge is 0.466 e. The Kier molecular flexibility index (Phi) is 7.64. The smallest absolute Gasteiger partial charge is 0.337 e. The topological polar surface area (TPSA) is 126 Å². The summed E-state index contributed by atoms with van der Waals surface area (Å²) in [6.07, 6.45) is 4.69. The van der Waals surface area contributed by atoms with E-state index in [9.17, 15) is 14.4 Å². The van der Waals surface area contributed by atoms with Gasteiger partial charge in [-0.15, -0.1) is 0 Å². The number of rotatable bonds is 8. The van der Waals surface area contributed by atoms with Gasteiger partial charge in [-0.3, -0.25) is 9.59 Å². The number of methoxy groups -OCH3 is 1.